The molecule has 1 aromatic carbocycles. The van der Waals surface area contributed by atoms with Gasteiger partial charge in [0.15, 0.2) is 0 Å². The summed E-state index contributed by atoms with van der Waals surface area (Å²) in [5.41, 5.74) is 2.81. The Labute approximate surface area is 117 Å². The van der Waals surface area contributed by atoms with Crippen molar-refractivity contribution in [1.29, 1.82) is 0 Å². The smallest absolute Gasteiger partial charge is 0.312 e. The quantitative estimate of drug-likeness (QED) is 0.870. The molecule has 20 heavy (non-hydrogen) atoms. The van der Waals surface area contributed by atoms with Gasteiger partial charge >= 0.3 is 5.97 Å². The first-order valence-corrected chi connectivity index (χ1v) is 6.41. The van der Waals surface area contributed by atoms with Crippen LogP contribution < -0.4 is 0 Å². The van der Waals surface area contributed by atoms with Gasteiger partial charge in [0, 0.05) is 18.3 Å². The highest BCUT2D eigenvalue weighted by atomic mass is 16.4. The molecule has 0 amide bonds. The van der Waals surface area contributed by atoms with Crippen LogP contribution in [-0.2, 0) is 11.8 Å². The van der Waals surface area contributed by atoms with Gasteiger partial charge in [-0.15, -0.1) is 0 Å². The van der Waals surface area contributed by atoms with Gasteiger partial charge in [0.1, 0.15) is 0 Å². The molecule has 0 aliphatic heterocycles. The Hall–Kier alpha value is -2.36. The van der Waals surface area contributed by atoms with E-state index in [-0.39, 0.29) is 5.78 Å². The van der Waals surface area contributed by atoms with Gasteiger partial charge in [0.25, 0.3) is 0 Å². The lowest BCUT2D eigenvalue weighted by atomic mass is 10.1. The summed E-state index contributed by atoms with van der Waals surface area (Å²) in [6, 6.07) is 10.7. The van der Waals surface area contributed by atoms with Crippen molar-refractivity contribution in [3.63, 3.8) is 0 Å². The highest BCUT2D eigenvalue weighted by Gasteiger charge is 2.21. The van der Waals surface area contributed by atoms with Gasteiger partial charge in [-0.3, -0.25) is 9.59 Å². The maximum Gasteiger partial charge on any atom is 0.312 e. The average Bonchev–Trinajstić information content (AvgIpc) is 2.79. The summed E-state index contributed by atoms with van der Waals surface area (Å²) in [5.74, 6) is -1.64. The standard InChI is InChI=1S/C16H17NO3/c1-10-4-6-12(7-5-10)15(18)14-9-8-13(17(14)3)11(2)16(19)20/h4-9,11H,1-3H3,(H,19,20)/t11-/m1/s1. The molecule has 0 radical (unpaired) electrons. The third kappa shape index (κ3) is 2.50. The molecule has 0 fully saturated rings. The van der Waals surface area contributed by atoms with Crippen LogP contribution in [0.4, 0.5) is 0 Å². The zero-order valence-electron chi connectivity index (χ0n) is 11.8. The Morgan fingerprint density at radius 2 is 1.70 bits per heavy atom. The zero-order chi connectivity index (χ0) is 14.9. The number of carboxylic acids is 1. The molecule has 0 saturated carbocycles. The van der Waals surface area contributed by atoms with Crippen molar-refractivity contribution >= 4 is 11.8 Å². The maximum atomic E-state index is 12.4. The van der Waals surface area contributed by atoms with Gasteiger partial charge in [-0.1, -0.05) is 29.8 Å². The van der Waals surface area contributed by atoms with Gasteiger partial charge in [-0.2, -0.15) is 0 Å². The fourth-order valence-corrected chi connectivity index (χ4v) is 2.17. The number of aliphatic carboxylic acids is 1. The van der Waals surface area contributed by atoms with Crippen LogP contribution in [0.3, 0.4) is 0 Å². The molecule has 0 saturated heterocycles. The highest BCUT2D eigenvalue weighted by Crippen LogP contribution is 2.20. The molecule has 0 bridgehead atoms. The van der Waals surface area contributed by atoms with Crippen LogP contribution in [0.15, 0.2) is 36.4 Å². The summed E-state index contributed by atoms with van der Waals surface area (Å²) in [5, 5.41) is 9.06. The molecule has 1 N–H and O–H groups in total. The topological polar surface area (TPSA) is 59.3 Å². The number of aromatic nitrogens is 1. The zero-order valence-corrected chi connectivity index (χ0v) is 11.8. The lowest BCUT2D eigenvalue weighted by molar-refractivity contribution is -0.138. The van der Waals surface area contributed by atoms with Crippen molar-refractivity contribution in [3.8, 4) is 0 Å². The summed E-state index contributed by atoms with van der Waals surface area (Å²) < 4.78 is 1.65. The molecule has 4 nitrogen and oxygen atoms in total. The van der Waals surface area contributed by atoms with Crippen LogP contribution in [0.25, 0.3) is 0 Å². The van der Waals surface area contributed by atoms with E-state index in [1.54, 1.807) is 42.8 Å². The molecule has 0 unspecified atom stereocenters. The Morgan fingerprint density at radius 1 is 1.10 bits per heavy atom. The Balaban J connectivity index is 2.37. The predicted octanol–water partition coefficient (Wildman–Crippen LogP) is 2.75. The van der Waals surface area contributed by atoms with Crippen molar-refractivity contribution in [1.82, 2.24) is 4.57 Å². The number of carbonyl (C=O) groups excluding carboxylic acids is 1. The SMILES string of the molecule is Cc1ccc(C(=O)c2ccc([C@@H](C)C(=O)O)n2C)cc1. The third-order valence-corrected chi connectivity index (χ3v) is 3.52. The van der Waals surface area contributed by atoms with E-state index in [0.29, 0.717) is 17.0 Å². The molecule has 0 spiro atoms. The summed E-state index contributed by atoms with van der Waals surface area (Å²) in [6.45, 7) is 3.57. The van der Waals surface area contributed by atoms with Crippen molar-refractivity contribution in [2.75, 3.05) is 0 Å². The Bertz CT molecular complexity index is 653. The van der Waals surface area contributed by atoms with E-state index >= 15 is 0 Å². The number of ketones is 1. The van der Waals surface area contributed by atoms with E-state index in [4.69, 9.17) is 5.11 Å². The molecular formula is C16H17NO3. The van der Waals surface area contributed by atoms with Crippen LogP contribution >= 0.6 is 0 Å². The normalized spacial score (nSPS) is 12.2. The first kappa shape index (κ1) is 14.1. The van der Waals surface area contributed by atoms with E-state index < -0.39 is 11.9 Å². The maximum absolute atomic E-state index is 12.4. The van der Waals surface area contributed by atoms with E-state index in [9.17, 15) is 9.59 Å². The molecule has 2 rings (SSSR count). The molecule has 4 heteroatoms. The fraction of sp³-hybridized carbons (Fsp3) is 0.250. The molecule has 104 valence electrons. The number of hydrogen-bond donors (Lipinski definition) is 1. The molecule has 0 aliphatic rings. The third-order valence-electron chi connectivity index (χ3n) is 3.52. The average molecular weight is 271 g/mol. The van der Waals surface area contributed by atoms with Crippen molar-refractivity contribution in [2.24, 2.45) is 7.05 Å². The van der Waals surface area contributed by atoms with Crippen LogP contribution in [-0.4, -0.2) is 21.4 Å². The first-order valence-electron chi connectivity index (χ1n) is 6.41. The monoisotopic (exact) mass is 271 g/mol. The van der Waals surface area contributed by atoms with E-state index in [1.807, 2.05) is 19.1 Å². The summed E-state index contributed by atoms with van der Waals surface area (Å²) >= 11 is 0. The molecule has 1 aromatic heterocycles. The molecule has 2 aromatic rings. The molecular weight excluding hydrogens is 254 g/mol. The van der Waals surface area contributed by atoms with Gasteiger partial charge in [-0.05, 0) is 26.0 Å². The number of aryl methyl sites for hydroxylation is 1. The lowest BCUT2D eigenvalue weighted by Gasteiger charge is -2.10. The highest BCUT2D eigenvalue weighted by molar-refractivity contribution is 6.08. The molecule has 1 heterocycles. The predicted molar refractivity (Wildman–Crippen MR) is 76.1 cm³/mol. The van der Waals surface area contributed by atoms with Crippen LogP contribution in [0.2, 0.25) is 0 Å². The van der Waals surface area contributed by atoms with Crippen molar-refractivity contribution < 1.29 is 14.7 Å². The van der Waals surface area contributed by atoms with Gasteiger partial charge in [0.2, 0.25) is 5.78 Å². The first-order chi connectivity index (χ1) is 9.41. The minimum atomic E-state index is -0.902. The Morgan fingerprint density at radius 3 is 2.25 bits per heavy atom. The number of carboxylic acid groups (broad SMARTS) is 1. The van der Waals surface area contributed by atoms with Crippen LogP contribution in [0, 0.1) is 6.92 Å². The number of carbonyl (C=O) groups is 2. The van der Waals surface area contributed by atoms with E-state index in [1.165, 1.54) is 0 Å². The summed E-state index contributed by atoms with van der Waals surface area (Å²) in [6.07, 6.45) is 0. The molecule has 0 aliphatic carbocycles. The van der Waals surface area contributed by atoms with Gasteiger partial charge in [-0.25, -0.2) is 0 Å². The lowest BCUT2D eigenvalue weighted by Crippen LogP contribution is -2.14. The van der Waals surface area contributed by atoms with Crippen molar-refractivity contribution in [2.45, 2.75) is 19.8 Å². The van der Waals surface area contributed by atoms with E-state index in [2.05, 4.69) is 0 Å². The largest absolute Gasteiger partial charge is 0.481 e. The fourth-order valence-electron chi connectivity index (χ4n) is 2.17. The minimum Gasteiger partial charge on any atom is -0.481 e. The van der Waals surface area contributed by atoms with Gasteiger partial charge in [0.05, 0.1) is 11.6 Å². The van der Waals surface area contributed by atoms with Crippen LogP contribution in [0.5, 0.6) is 0 Å². The van der Waals surface area contributed by atoms with E-state index in [0.717, 1.165) is 5.56 Å². The number of hydrogen-bond acceptors (Lipinski definition) is 2. The minimum absolute atomic E-state index is 0.101. The second-order valence-electron chi connectivity index (χ2n) is 4.96. The number of rotatable bonds is 4. The summed E-state index contributed by atoms with van der Waals surface area (Å²) in [4.78, 5) is 23.5. The second kappa shape index (κ2) is 5.33. The van der Waals surface area contributed by atoms with Crippen molar-refractivity contribution in [3.05, 3.63) is 58.9 Å². The van der Waals surface area contributed by atoms with Crippen LogP contribution in [0.1, 0.15) is 40.2 Å². The van der Waals surface area contributed by atoms with Gasteiger partial charge < -0.3 is 9.67 Å². The number of benzene rings is 1. The summed E-state index contributed by atoms with van der Waals surface area (Å²) in [7, 11) is 1.72. The number of nitrogens with zero attached hydrogens (tertiary/aromatic N) is 1. The molecule has 1 atom stereocenters. The second-order valence-corrected chi connectivity index (χ2v) is 4.96. The Kier molecular flexibility index (Phi) is 3.74.